The van der Waals surface area contributed by atoms with Crippen LogP contribution in [0.1, 0.15) is 32.0 Å². The van der Waals surface area contributed by atoms with Crippen molar-refractivity contribution in [2.75, 3.05) is 0 Å². The fourth-order valence-electron chi connectivity index (χ4n) is 1.69. The molecule has 0 saturated heterocycles. The van der Waals surface area contributed by atoms with Crippen LogP contribution in [0.25, 0.3) is 0 Å². The van der Waals surface area contributed by atoms with Crippen molar-refractivity contribution in [3.8, 4) is 0 Å². The van der Waals surface area contributed by atoms with E-state index in [1.165, 1.54) is 12.1 Å². The van der Waals surface area contributed by atoms with E-state index in [2.05, 4.69) is 18.9 Å². The second-order valence-corrected chi connectivity index (χ2v) is 5.94. The molecule has 1 heterocycles. The Hall–Kier alpha value is -1.49. The number of halogens is 1. The van der Waals surface area contributed by atoms with Crippen LogP contribution in [-0.2, 0) is 16.6 Å². The molecule has 0 spiro atoms. The van der Waals surface area contributed by atoms with Gasteiger partial charge in [0.15, 0.2) is 0 Å². The quantitative estimate of drug-likeness (QED) is 0.842. The Morgan fingerprint density at radius 1 is 1.32 bits per heavy atom. The van der Waals surface area contributed by atoms with Crippen molar-refractivity contribution in [1.29, 1.82) is 0 Å². The standard InChI is InChI=1S/C14H17FN2OS/c1-3-11(2)17-9-8-13(16-17)10-19(18)14-6-4-12(15)5-7-14/h4-9,11H,3,10H2,1-2H3. The molecule has 2 rings (SSSR count). The lowest BCUT2D eigenvalue weighted by atomic mass is 10.3. The van der Waals surface area contributed by atoms with Crippen molar-refractivity contribution >= 4 is 10.8 Å². The van der Waals surface area contributed by atoms with E-state index in [-0.39, 0.29) is 5.82 Å². The second kappa shape index (κ2) is 6.10. The minimum Gasteiger partial charge on any atom is -0.270 e. The third kappa shape index (κ3) is 3.50. The number of hydrogen-bond acceptors (Lipinski definition) is 2. The third-order valence-corrected chi connectivity index (χ3v) is 4.42. The summed E-state index contributed by atoms with van der Waals surface area (Å²) >= 11 is 0. The first-order valence-electron chi connectivity index (χ1n) is 6.28. The average Bonchev–Trinajstić information content (AvgIpc) is 2.87. The lowest BCUT2D eigenvalue weighted by molar-refractivity contribution is 0.475. The van der Waals surface area contributed by atoms with E-state index in [1.54, 1.807) is 12.1 Å². The molecule has 5 heteroatoms. The van der Waals surface area contributed by atoms with Gasteiger partial charge in [0.2, 0.25) is 0 Å². The smallest absolute Gasteiger partial charge is 0.123 e. The second-order valence-electron chi connectivity index (χ2n) is 4.49. The Bertz CT molecular complexity index is 565. The maximum Gasteiger partial charge on any atom is 0.123 e. The molecule has 0 aliphatic heterocycles. The molecule has 102 valence electrons. The fourth-order valence-corrected chi connectivity index (χ4v) is 2.72. The number of nitrogens with zero attached hydrogens (tertiary/aromatic N) is 2. The number of rotatable bonds is 5. The van der Waals surface area contributed by atoms with E-state index in [9.17, 15) is 8.60 Å². The summed E-state index contributed by atoms with van der Waals surface area (Å²) in [6, 6.07) is 7.98. The van der Waals surface area contributed by atoms with Gasteiger partial charge in [-0.3, -0.25) is 8.89 Å². The summed E-state index contributed by atoms with van der Waals surface area (Å²) in [5.41, 5.74) is 0.794. The molecule has 0 aliphatic carbocycles. The molecule has 0 saturated carbocycles. The highest BCUT2D eigenvalue weighted by molar-refractivity contribution is 7.84. The van der Waals surface area contributed by atoms with Gasteiger partial charge in [0.25, 0.3) is 0 Å². The molecule has 0 bridgehead atoms. The summed E-state index contributed by atoms with van der Waals surface area (Å²) in [6.07, 6.45) is 2.91. The van der Waals surface area contributed by atoms with Gasteiger partial charge in [-0.25, -0.2) is 4.39 Å². The average molecular weight is 280 g/mol. The van der Waals surface area contributed by atoms with Gasteiger partial charge in [-0.15, -0.1) is 0 Å². The lowest BCUT2D eigenvalue weighted by Crippen LogP contribution is -2.05. The predicted molar refractivity (Wildman–Crippen MR) is 73.7 cm³/mol. The monoisotopic (exact) mass is 280 g/mol. The fraction of sp³-hybridized carbons (Fsp3) is 0.357. The molecule has 1 aromatic carbocycles. The van der Waals surface area contributed by atoms with Gasteiger partial charge in [0, 0.05) is 17.1 Å². The maximum absolute atomic E-state index is 12.8. The van der Waals surface area contributed by atoms with Crippen LogP contribution in [0.4, 0.5) is 4.39 Å². The van der Waals surface area contributed by atoms with E-state index in [0.29, 0.717) is 16.7 Å². The van der Waals surface area contributed by atoms with Crippen LogP contribution in [0.3, 0.4) is 0 Å². The van der Waals surface area contributed by atoms with Gasteiger partial charge in [-0.2, -0.15) is 5.10 Å². The van der Waals surface area contributed by atoms with E-state index in [0.717, 1.165) is 12.1 Å². The lowest BCUT2D eigenvalue weighted by Gasteiger charge is -2.08. The molecule has 0 radical (unpaired) electrons. The van der Waals surface area contributed by atoms with Crippen molar-refractivity contribution in [3.63, 3.8) is 0 Å². The van der Waals surface area contributed by atoms with Crippen LogP contribution < -0.4 is 0 Å². The summed E-state index contributed by atoms with van der Waals surface area (Å²) in [6.45, 7) is 4.19. The zero-order chi connectivity index (χ0) is 13.8. The van der Waals surface area contributed by atoms with Gasteiger partial charge < -0.3 is 0 Å². The van der Waals surface area contributed by atoms with Gasteiger partial charge in [-0.1, -0.05) is 6.92 Å². The molecule has 0 N–H and O–H groups in total. The zero-order valence-corrected chi connectivity index (χ0v) is 11.9. The van der Waals surface area contributed by atoms with Crippen molar-refractivity contribution in [1.82, 2.24) is 9.78 Å². The predicted octanol–water partition coefficient (Wildman–Crippen LogP) is 3.30. The molecular formula is C14H17FN2OS. The Balaban J connectivity index is 2.06. The molecule has 0 amide bonds. The highest BCUT2D eigenvalue weighted by Gasteiger charge is 2.09. The SMILES string of the molecule is CCC(C)n1ccc(CS(=O)c2ccc(F)cc2)n1. The van der Waals surface area contributed by atoms with Gasteiger partial charge in [-0.05, 0) is 43.7 Å². The van der Waals surface area contributed by atoms with Crippen LogP contribution in [0, 0.1) is 5.82 Å². The molecule has 1 aromatic heterocycles. The maximum atomic E-state index is 12.8. The highest BCUT2D eigenvalue weighted by atomic mass is 32.2. The number of benzene rings is 1. The first-order chi connectivity index (χ1) is 9.10. The number of hydrogen-bond donors (Lipinski definition) is 0. The Labute approximate surface area is 114 Å². The molecule has 3 nitrogen and oxygen atoms in total. The third-order valence-electron chi connectivity index (χ3n) is 3.06. The van der Waals surface area contributed by atoms with E-state index in [1.807, 2.05) is 16.9 Å². The van der Waals surface area contributed by atoms with Crippen LogP contribution in [-0.4, -0.2) is 14.0 Å². The summed E-state index contributed by atoms with van der Waals surface area (Å²) in [4.78, 5) is 0.625. The van der Waals surface area contributed by atoms with Crippen LogP contribution in [0.5, 0.6) is 0 Å². The topological polar surface area (TPSA) is 34.9 Å². The molecular weight excluding hydrogens is 263 g/mol. The molecule has 2 aromatic rings. The van der Waals surface area contributed by atoms with Crippen LogP contribution in [0.15, 0.2) is 41.4 Å². The normalized spacial score (nSPS) is 14.3. The van der Waals surface area contributed by atoms with Gasteiger partial charge in [0.05, 0.1) is 22.2 Å². The minimum absolute atomic E-state index is 0.318. The van der Waals surface area contributed by atoms with Crippen molar-refractivity contribution in [2.45, 2.75) is 37.0 Å². The first kappa shape index (κ1) is 13.9. The van der Waals surface area contributed by atoms with E-state index in [4.69, 9.17) is 0 Å². The zero-order valence-electron chi connectivity index (χ0n) is 11.0. The van der Waals surface area contributed by atoms with Gasteiger partial charge in [0.1, 0.15) is 5.82 Å². The molecule has 0 fully saturated rings. The molecule has 19 heavy (non-hydrogen) atoms. The summed E-state index contributed by atoms with van der Waals surface area (Å²) in [7, 11) is -1.19. The van der Waals surface area contributed by atoms with Crippen molar-refractivity contribution in [2.24, 2.45) is 0 Å². The van der Waals surface area contributed by atoms with E-state index < -0.39 is 10.8 Å². The minimum atomic E-state index is -1.19. The molecule has 2 unspecified atom stereocenters. The summed E-state index contributed by atoms with van der Waals surface area (Å²) in [5, 5.41) is 4.41. The summed E-state index contributed by atoms with van der Waals surface area (Å²) in [5.74, 6) is 0.0384. The Morgan fingerprint density at radius 3 is 2.63 bits per heavy atom. The first-order valence-corrected chi connectivity index (χ1v) is 7.60. The van der Waals surface area contributed by atoms with E-state index >= 15 is 0 Å². The van der Waals surface area contributed by atoms with Crippen LogP contribution in [0.2, 0.25) is 0 Å². The largest absolute Gasteiger partial charge is 0.270 e. The molecule has 2 atom stereocenters. The van der Waals surface area contributed by atoms with Gasteiger partial charge >= 0.3 is 0 Å². The molecule has 0 aliphatic rings. The number of aromatic nitrogens is 2. The van der Waals surface area contributed by atoms with Crippen molar-refractivity contribution < 1.29 is 8.60 Å². The Kier molecular flexibility index (Phi) is 4.47. The van der Waals surface area contributed by atoms with Crippen LogP contribution >= 0.6 is 0 Å². The highest BCUT2D eigenvalue weighted by Crippen LogP contribution is 2.14. The van der Waals surface area contributed by atoms with Crippen molar-refractivity contribution in [3.05, 3.63) is 48.0 Å². The summed E-state index contributed by atoms with van der Waals surface area (Å²) < 4.78 is 26.8. The Morgan fingerprint density at radius 2 is 2.00 bits per heavy atom.